The number of nitrogens with zero attached hydrogens (tertiary/aromatic N) is 3. The maximum absolute atomic E-state index is 4.38. The van der Waals surface area contributed by atoms with Crippen LogP contribution in [0.2, 0.25) is 0 Å². The van der Waals surface area contributed by atoms with Gasteiger partial charge >= 0.3 is 0 Å². The van der Waals surface area contributed by atoms with Crippen LogP contribution in [0.1, 0.15) is 25.1 Å². The van der Waals surface area contributed by atoms with Gasteiger partial charge in [-0.2, -0.15) is 5.10 Å². The van der Waals surface area contributed by atoms with E-state index in [1.165, 1.54) is 5.56 Å². The van der Waals surface area contributed by atoms with Crippen molar-refractivity contribution in [3.63, 3.8) is 0 Å². The van der Waals surface area contributed by atoms with E-state index in [1.54, 1.807) is 0 Å². The SMILES string of the molecule is CC(C)CNCc1ccn(Cc2ccn(C)n2)c1. The fourth-order valence-corrected chi connectivity index (χ4v) is 1.93. The summed E-state index contributed by atoms with van der Waals surface area (Å²) in [4.78, 5) is 0. The lowest BCUT2D eigenvalue weighted by molar-refractivity contribution is 0.552. The topological polar surface area (TPSA) is 34.8 Å². The van der Waals surface area contributed by atoms with Crippen LogP contribution >= 0.6 is 0 Å². The Kier molecular flexibility index (Phi) is 4.20. The van der Waals surface area contributed by atoms with Crippen LogP contribution in [0.3, 0.4) is 0 Å². The van der Waals surface area contributed by atoms with E-state index >= 15 is 0 Å². The number of rotatable bonds is 6. The normalized spacial score (nSPS) is 11.3. The van der Waals surface area contributed by atoms with Gasteiger partial charge in [0, 0.05) is 32.2 Å². The Bertz CT molecular complexity index is 481. The smallest absolute Gasteiger partial charge is 0.0821 e. The summed E-state index contributed by atoms with van der Waals surface area (Å²) in [5, 5.41) is 7.83. The molecule has 0 amide bonds. The van der Waals surface area contributed by atoms with Gasteiger partial charge in [-0.05, 0) is 30.2 Å². The van der Waals surface area contributed by atoms with Crippen LogP contribution in [0.25, 0.3) is 0 Å². The molecule has 0 unspecified atom stereocenters. The maximum Gasteiger partial charge on any atom is 0.0821 e. The number of nitrogens with one attached hydrogen (secondary N) is 1. The van der Waals surface area contributed by atoms with Crippen molar-refractivity contribution >= 4 is 0 Å². The summed E-state index contributed by atoms with van der Waals surface area (Å²) in [6.45, 7) is 7.28. The largest absolute Gasteiger partial charge is 0.348 e. The van der Waals surface area contributed by atoms with Gasteiger partial charge in [0.2, 0.25) is 0 Å². The van der Waals surface area contributed by atoms with Crippen LogP contribution < -0.4 is 5.32 Å². The van der Waals surface area contributed by atoms with Crippen LogP contribution in [0.15, 0.2) is 30.7 Å². The first-order valence-corrected chi connectivity index (χ1v) is 6.47. The third-order valence-electron chi connectivity index (χ3n) is 2.81. The third-order valence-corrected chi connectivity index (χ3v) is 2.81. The van der Waals surface area contributed by atoms with Gasteiger partial charge in [-0.1, -0.05) is 13.8 Å². The van der Waals surface area contributed by atoms with Crippen molar-refractivity contribution < 1.29 is 0 Å². The first-order chi connectivity index (χ1) is 8.63. The van der Waals surface area contributed by atoms with Gasteiger partial charge in [-0.25, -0.2) is 0 Å². The quantitative estimate of drug-likeness (QED) is 0.846. The molecule has 0 radical (unpaired) electrons. The summed E-state index contributed by atoms with van der Waals surface area (Å²) in [6, 6.07) is 4.22. The highest BCUT2D eigenvalue weighted by molar-refractivity contribution is 5.12. The molecule has 2 heterocycles. The van der Waals surface area contributed by atoms with Gasteiger partial charge in [0.15, 0.2) is 0 Å². The molecular formula is C14H22N4. The second kappa shape index (κ2) is 5.87. The lowest BCUT2D eigenvalue weighted by Gasteiger charge is -2.05. The first-order valence-electron chi connectivity index (χ1n) is 6.47. The average molecular weight is 246 g/mol. The van der Waals surface area contributed by atoms with Crippen molar-refractivity contribution in [2.45, 2.75) is 26.9 Å². The minimum Gasteiger partial charge on any atom is -0.348 e. The number of aryl methyl sites for hydroxylation is 1. The molecule has 98 valence electrons. The van der Waals surface area contributed by atoms with Crippen molar-refractivity contribution in [3.05, 3.63) is 42.0 Å². The Hall–Kier alpha value is -1.55. The zero-order valence-electron chi connectivity index (χ0n) is 11.4. The van der Waals surface area contributed by atoms with Gasteiger partial charge in [0.05, 0.1) is 12.2 Å². The molecule has 0 saturated carbocycles. The fourth-order valence-electron chi connectivity index (χ4n) is 1.93. The van der Waals surface area contributed by atoms with Gasteiger partial charge < -0.3 is 9.88 Å². The molecule has 0 atom stereocenters. The Morgan fingerprint density at radius 3 is 2.78 bits per heavy atom. The van der Waals surface area contributed by atoms with Crippen LogP contribution in [0.5, 0.6) is 0 Å². The van der Waals surface area contributed by atoms with Crippen molar-refractivity contribution in [1.29, 1.82) is 0 Å². The van der Waals surface area contributed by atoms with Crippen molar-refractivity contribution in [3.8, 4) is 0 Å². The standard InChI is InChI=1S/C14H22N4/c1-12(2)8-15-9-13-4-7-18(10-13)11-14-5-6-17(3)16-14/h4-7,10,12,15H,8-9,11H2,1-3H3. The van der Waals surface area contributed by atoms with E-state index in [0.717, 1.165) is 25.3 Å². The lowest BCUT2D eigenvalue weighted by Crippen LogP contribution is -2.18. The highest BCUT2D eigenvalue weighted by Gasteiger charge is 2.01. The van der Waals surface area contributed by atoms with Crippen LogP contribution in [0, 0.1) is 5.92 Å². The average Bonchev–Trinajstić information content (AvgIpc) is 2.89. The molecule has 1 N–H and O–H groups in total. The first kappa shape index (κ1) is 12.9. The fraction of sp³-hybridized carbons (Fsp3) is 0.500. The van der Waals surface area contributed by atoms with Gasteiger partial charge in [-0.3, -0.25) is 4.68 Å². The predicted octanol–water partition coefficient (Wildman–Crippen LogP) is 2.02. The van der Waals surface area contributed by atoms with Crippen molar-refractivity contribution in [1.82, 2.24) is 19.7 Å². The van der Waals surface area contributed by atoms with E-state index in [0.29, 0.717) is 5.92 Å². The highest BCUT2D eigenvalue weighted by atomic mass is 15.3. The zero-order valence-corrected chi connectivity index (χ0v) is 11.4. The number of hydrogen-bond donors (Lipinski definition) is 1. The van der Waals surface area contributed by atoms with Crippen LogP contribution in [-0.4, -0.2) is 20.9 Å². The molecule has 0 aliphatic heterocycles. The molecule has 2 aromatic heterocycles. The Labute approximate surface area is 109 Å². The molecule has 0 aliphatic rings. The molecule has 0 aliphatic carbocycles. The molecule has 4 heteroatoms. The monoisotopic (exact) mass is 246 g/mol. The van der Waals surface area contributed by atoms with Gasteiger partial charge in [0.1, 0.15) is 0 Å². The summed E-state index contributed by atoms with van der Waals surface area (Å²) >= 11 is 0. The second-order valence-electron chi connectivity index (χ2n) is 5.20. The molecule has 0 spiro atoms. The summed E-state index contributed by atoms with van der Waals surface area (Å²) in [5.41, 5.74) is 2.42. The minimum atomic E-state index is 0.695. The van der Waals surface area contributed by atoms with E-state index in [4.69, 9.17) is 0 Å². The summed E-state index contributed by atoms with van der Waals surface area (Å²) in [7, 11) is 1.94. The maximum atomic E-state index is 4.38. The molecule has 0 bridgehead atoms. The molecule has 0 fully saturated rings. The second-order valence-corrected chi connectivity index (χ2v) is 5.20. The zero-order chi connectivity index (χ0) is 13.0. The van der Waals surface area contributed by atoms with E-state index in [9.17, 15) is 0 Å². The Morgan fingerprint density at radius 1 is 1.28 bits per heavy atom. The van der Waals surface area contributed by atoms with E-state index in [2.05, 4.69) is 53.4 Å². The predicted molar refractivity (Wildman–Crippen MR) is 73.3 cm³/mol. The molecular weight excluding hydrogens is 224 g/mol. The molecule has 2 aromatic rings. The van der Waals surface area contributed by atoms with Crippen LogP contribution in [-0.2, 0) is 20.1 Å². The minimum absolute atomic E-state index is 0.695. The van der Waals surface area contributed by atoms with Gasteiger partial charge in [-0.15, -0.1) is 0 Å². The Morgan fingerprint density at radius 2 is 2.11 bits per heavy atom. The van der Waals surface area contributed by atoms with E-state index in [-0.39, 0.29) is 0 Å². The molecule has 0 saturated heterocycles. The van der Waals surface area contributed by atoms with Crippen molar-refractivity contribution in [2.75, 3.05) is 6.54 Å². The molecule has 4 nitrogen and oxygen atoms in total. The summed E-state index contributed by atoms with van der Waals surface area (Å²) < 4.78 is 4.01. The Balaban J connectivity index is 1.86. The molecule has 0 aromatic carbocycles. The van der Waals surface area contributed by atoms with Crippen LogP contribution in [0.4, 0.5) is 0 Å². The summed E-state index contributed by atoms with van der Waals surface area (Å²) in [6.07, 6.45) is 6.27. The third kappa shape index (κ3) is 3.74. The van der Waals surface area contributed by atoms with Crippen molar-refractivity contribution in [2.24, 2.45) is 13.0 Å². The van der Waals surface area contributed by atoms with E-state index in [1.807, 2.05) is 17.9 Å². The summed E-state index contributed by atoms with van der Waals surface area (Å²) in [5.74, 6) is 0.695. The van der Waals surface area contributed by atoms with Gasteiger partial charge in [0.25, 0.3) is 0 Å². The number of hydrogen-bond acceptors (Lipinski definition) is 2. The highest BCUT2D eigenvalue weighted by Crippen LogP contribution is 2.05. The molecule has 2 rings (SSSR count). The lowest BCUT2D eigenvalue weighted by atomic mass is 10.2. The molecule has 18 heavy (non-hydrogen) atoms. The van der Waals surface area contributed by atoms with E-state index < -0.39 is 0 Å². The number of aromatic nitrogens is 3.